The summed E-state index contributed by atoms with van der Waals surface area (Å²) in [6.45, 7) is 7.25. The van der Waals surface area contributed by atoms with E-state index in [1.165, 1.54) is 17.1 Å². The van der Waals surface area contributed by atoms with Gasteiger partial charge in [-0.1, -0.05) is 0 Å². The highest BCUT2D eigenvalue weighted by Crippen LogP contribution is 2.35. The molecule has 0 unspecified atom stereocenters. The summed E-state index contributed by atoms with van der Waals surface area (Å²) in [5.74, 6) is 1.08. The van der Waals surface area contributed by atoms with E-state index in [0.717, 1.165) is 16.4 Å². The van der Waals surface area contributed by atoms with Crippen molar-refractivity contribution in [3.05, 3.63) is 17.0 Å². The Labute approximate surface area is 116 Å². The van der Waals surface area contributed by atoms with Crippen LogP contribution in [0.3, 0.4) is 0 Å². The minimum atomic E-state index is 0.439. The topological polar surface area (TPSA) is 78.0 Å². The van der Waals surface area contributed by atoms with E-state index in [-0.39, 0.29) is 0 Å². The van der Waals surface area contributed by atoms with Gasteiger partial charge in [0.15, 0.2) is 16.6 Å². The maximum Gasteiger partial charge on any atom is 0.197 e. The first-order valence-corrected chi connectivity index (χ1v) is 6.92. The van der Waals surface area contributed by atoms with Gasteiger partial charge in [-0.15, -0.1) is 0 Å². The Balaban J connectivity index is 2.14. The maximum atomic E-state index is 5.78. The number of aromatic nitrogens is 3. The standard InChI is InChI=1S/C12H19N5OS/c1-5-18-10-11(13)16-19-12(10)14-6-9-7(2)15-17(4)8(9)3/h14H,5-6H2,1-4H3,(H2,13,16). The molecule has 2 aromatic rings. The van der Waals surface area contributed by atoms with Gasteiger partial charge in [0, 0.05) is 24.8 Å². The van der Waals surface area contributed by atoms with E-state index >= 15 is 0 Å². The van der Waals surface area contributed by atoms with Crippen molar-refractivity contribution in [1.82, 2.24) is 14.2 Å². The van der Waals surface area contributed by atoms with Gasteiger partial charge in [0.05, 0.1) is 12.3 Å². The number of ether oxygens (including phenoxy) is 1. The van der Waals surface area contributed by atoms with E-state index in [4.69, 9.17) is 10.5 Å². The van der Waals surface area contributed by atoms with Crippen molar-refractivity contribution in [3.8, 4) is 5.75 Å². The van der Waals surface area contributed by atoms with E-state index in [1.54, 1.807) is 0 Å². The predicted octanol–water partition coefficient (Wildman–Crippen LogP) is 2.09. The van der Waals surface area contributed by atoms with Crippen LogP contribution < -0.4 is 15.8 Å². The van der Waals surface area contributed by atoms with Crippen LogP contribution in [-0.2, 0) is 13.6 Å². The van der Waals surface area contributed by atoms with E-state index in [2.05, 4.69) is 21.7 Å². The molecule has 0 saturated carbocycles. The van der Waals surface area contributed by atoms with Crippen LogP contribution in [0, 0.1) is 13.8 Å². The third kappa shape index (κ3) is 2.65. The van der Waals surface area contributed by atoms with E-state index in [9.17, 15) is 0 Å². The van der Waals surface area contributed by atoms with Gasteiger partial charge >= 0.3 is 0 Å². The number of nitrogens with two attached hydrogens (primary N) is 1. The van der Waals surface area contributed by atoms with Crippen LogP contribution in [0.15, 0.2) is 0 Å². The molecule has 2 rings (SSSR count). The van der Waals surface area contributed by atoms with Crippen LogP contribution in [0.25, 0.3) is 0 Å². The summed E-state index contributed by atoms with van der Waals surface area (Å²) in [4.78, 5) is 0. The van der Waals surface area contributed by atoms with Crippen molar-refractivity contribution < 1.29 is 4.74 Å². The van der Waals surface area contributed by atoms with Gasteiger partial charge in [0.1, 0.15) is 0 Å². The quantitative estimate of drug-likeness (QED) is 0.877. The van der Waals surface area contributed by atoms with Gasteiger partial charge in [-0.25, -0.2) is 0 Å². The smallest absolute Gasteiger partial charge is 0.197 e. The summed E-state index contributed by atoms with van der Waals surface area (Å²) in [7, 11) is 1.95. The average molecular weight is 281 g/mol. The molecule has 104 valence electrons. The van der Waals surface area contributed by atoms with Crippen molar-refractivity contribution in [2.75, 3.05) is 17.7 Å². The summed E-state index contributed by atoms with van der Waals surface area (Å²) in [5.41, 5.74) is 9.15. The van der Waals surface area contributed by atoms with Crippen molar-refractivity contribution in [2.24, 2.45) is 7.05 Å². The van der Waals surface area contributed by atoms with Crippen LogP contribution in [-0.4, -0.2) is 20.8 Å². The fraction of sp³-hybridized carbons (Fsp3) is 0.500. The maximum absolute atomic E-state index is 5.78. The molecule has 6 nitrogen and oxygen atoms in total. The minimum Gasteiger partial charge on any atom is -0.487 e. The molecule has 0 aliphatic heterocycles. The zero-order chi connectivity index (χ0) is 14.0. The molecule has 7 heteroatoms. The Morgan fingerprint density at radius 2 is 2.16 bits per heavy atom. The third-order valence-corrected chi connectivity index (χ3v) is 3.85. The molecule has 2 heterocycles. The number of hydrogen-bond acceptors (Lipinski definition) is 6. The normalized spacial score (nSPS) is 10.7. The number of anilines is 2. The minimum absolute atomic E-state index is 0.439. The molecule has 0 saturated heterocycles. The van der Waals surface area contributed by atoms with Crippen molar-refractivity contribution in [2.45, 2.75) is 27.3 Å². The second-order valence-electron chi connectivity index (χ2n) is 4.29. The zero-order valence-electron chi connectivity index (χ0n) is 11.6. The molecule has 0 aliphatic rings. The molecule has 0 radical (unpaired) electrons. The zero-order valence-corrected chi connectivity index (χ0v) is 12.5. The first kappa shape index (κ1) is 13.7. The van der Waals surface area contributed by atoms with E-state index in [1.807, 2.05) is 25.6 Å². The molecule has 0 aliphatic carbocycles. The number of aryl methyl sites for hydroxylation is 2. The lowest BCUT2D eigenvalue weighted by molar-refractivity contribution is 0.344. The van der Waals surface area contributed by atoms with Gasteiger partial charge in [0.25, 0.3) is 0 Å². The first-order valence-electron chi connectivity index (χ1n) is 6.15. The van der Waals surface area contributed by atoms with Crippen LogP contribution in [0.1, 0.15) is 23.9 Å². The van der Waals surface area contributed by atoms with Crippen molar-refractivity contribution in [3.63, 3.8) is 0 Å². The predicted molar refractivity (Wildman–Crippen MR) is 77.7 cm³/mol. The average Bonchev–Trinajstić information content (AvgIpc) is 2.82. The lowest BCUT2D eigenvalue weighted by Crippen LogP contribution is -2.03. The number of nitrogens with one attached hydrogen (secondary N) is 1. The fourth-order valence-corrected chi connectivity index (χ4v) is 2.59. The fourth-order valence-electron chi connectivity index (χ4n) is 1.93. The highest BCUT2D eigenvalue weighted by molar-refractivity contribution is 7.11. The van der Waals surface area contributed by atoms with Gasteiger partial charge in [-0.3, -0.25) is 4.68 Å². The molecule has 2 aromatic heterocycles. The Morgan fingerprint density at radius 1 is 1.42 bits per heavy atom. The molecule has 0 fully saturated rings. The van der Waals surface area contributed by atoms with Crippen LogP contribution in [0.5, 0.6) is 5.75 Å². The largest absolute Gasteiger partial charge is 0.487 e. The molecule has 0 aromatic carbocycles. The second-order valence-corrected chi connectivity index (χ2v) is 5.06. The number of nitrogen functional groups attached to an aromatic ring is 1. The molecule has 0 spiro atoms. The molecule has 3 N–H and O–H groups in total. The molecule has 0 amide bonds. The highest BCUT2D eigenvalue weighted by Gasteiger charge is 2.14. The lowest BCUT2D eigenvalue weighted by Gasteiger charge is -2.08. The van der Waals surface area contributed by atoms with E-state index in [0.29, 0.717) is 24.7 Å². The summed E-state index contributed by atoms with van der Waals surface area (Å²) < 4.78 is 11.5. The summed E-state index contributed by atoms with van der Waals surface area (Å²) in [6, 6.07) is 0. The second kappa shape index (κ2) is 5.48. The summed E-state index contributed by atoms with van der Waals surface area (Å²) in [6.07, 6.45) is 0. The molecular weight excluding hydrogens is 262 g/mol. The molecule has 0 atom stereocenters. The third-order valence-electron chi connectivity index (χ3n) is 3.05. The first-order chi connectivity index (χ1) is 9.04. The van der Waals surface area contributed by atoms with Crippen molar-refractivity contribution in [1.29, 1.82) is 0 Å². The SMILES string of the molecule is CCOc1c(N)nsc1NCc1c(C)nn(C)c1C. The van der Waals surface area contributed by atoms with Crippen LogP contribution in [0.2, 0.25) is 0 Å². The summed E-state index contributed by atoms with van der Waals surface area (Å²) >= 11 is 1.32. The Hall–Kier alpha value is -1.76. The lowest BCUT2D eigenvalue weighted by atomic mass is 10.2. The van der Waals surface area contributed by atoms with Gasteiger partial charge in [-0.2, -0.15) is 9.47 Å². The molecular formula is C12H19N5OS. The Morgan fingerprint density at radius 3 is 2.74 bits per heavy atom. The monoisotopic (exact) mass is 281 g/mol. The van der Waals surface area contributed by atoms with Crippen LogP contribution >= 0.6 is 11.5 Å². The number of rotatable bonds is 5. The van der Waals surface area contributed by atoms with Gasteiger partial charge in [0.2, 0.25) is 0 Å². The van der Waals surface area contributed by atoms with Gasteiger partial charge in [-0.05, 0) is 32.3 Å². The highest BCUT2D eigenvalue weighted by atomic mass is 32.1. The van der Waals surface area contributed by atoms with Crippen LogP contribution in [0.4, 0.5) is 10.8 Å². The Kier molecular flexibility index (Phi) is 3.94. The molecule has 19 heavy (non-hydrogen) atoms. The van der Waals surface area contributed by atoms with E-state index < -0.39 is 0 Å². The molecule has 0 bridgehead atoms. The summed E-state index contributed by atoms with van der Waals surface area (Å²) in [5, 5.41) is 8.59. The number of hydrogen-bond donors (Lipinski definition) is 2. The van der Waals surface area contributed by atoms with Crippen molar-refractivity contribution >= 4 is 22.4 Å². The number of nitrogens with zero attached hydrogens (tertiary/aromatic N) is 3. The van der Waals surface area contributed by atoms with Gasteiger partial charge < -0.3 is 15.8 Å². The Bertz CT molecular complexity index is 575.